The van der Waals surface area contributed by atoms with E-state index in [1.165, 1.54) is 11.8 Å². The Balaban J connectivity index is 1.55. The molecule has 4 nitrogen and oxygen atoms in total. The van der Waals surface area contributed by atoms with Gasteiger partial charge in [-0.15, -0.1) is 10.2 Å². The first-order valence-corrected chi connectivity index (χ1v) is 10.6. The third-order valence-corrected chi connectivity index (χ3v) is 5.69. The van der Waals surface area contributed by atoms with Gasteiger partial charge in [-0.3, -0.25) is 4.79 Å². The molecule has 0 bridgehead atoms. The van der Waals surface area contributed by atoms with Crippen LogP contribution < -0.4 is 5.32 Å². The summed E-state index contributed by atoms with van der Waals surface area (Å²) >= 11 is 1.41. The maximum atomic E-state index is 12.5. The van der Waals surface area contributed by atoms with Crippen molar-refractivity contribution in [2.75, 3.05) is 11.1 Å². The monoisotopic (exact) mass is 399 g/mol. The van der Waals surface area contributed by atoms with E-state index in [1.807, 2.05) is 78.9 Å². The highest BCUT2D eigenvalue weighted by atomic mass is 32.2. The average Bonchev–Trinajstić information content (AvgIpc) is 2.78. The van der Waals surface area contributed by atoms with Crippen LogP contribution in [0.15, 0.2) is 83.9 Å². The highest BCUT2D eigenvalue weighted by molar-refractivity contribution is 8.00. The van der Waals surface area contributed by atoms with Crippen molar-refractivity contribution in [2.45, 2.75) is 18.4 Å². The van der Waals surface area contributed by atoms with Crippen LogP contribution >= 0.6 is 11.8 Å². The summed E-state index contributed by atoms with van der Waals surface area (Å²) in [6.45, 7) is 2.08. The topological polar surface area (TPSA) is 54.9 Å². The summed E-state index contributed by atoms with van der Waals surface area (Å²) in [5.74, 6) is 0.232. The van der Waals surface area contributed by atoms with Gasteiger partial charge in [-0.05, 0) is 18.1 Å². The number of nitrogens with zero attached hydrogens (tertiary/aromatic N) is 2. The minimum atomic E-state index is -0.0473. The first-order valence-electron chi connectivity index (χ1n) is 9.57. The van der Waals surface area contributed by atoms with Crippen LogP contribution in [0.3, 0.4) is 0 Å². The molecule has 0 spiro atoms. The second kappa shape index (κ2) is 8.88. The van der Waals surface area contributed by atoms with E-state index in [0.29, 0.717) is 0 Å². The zero-order chi connectivity index (χ0) is 20.1. The molecule has 1 aromatic heterocycles. The molecule has 0 fully saturated rings. The first kappa shape index (κ1) is 19.2. The molecule has 29 heavy (non-hydrogen) atoms. The molecule has 144 valence electrons. The van der Waals surface area contributed by atoms with Crippen LogP contribution in [0.2, 0.25) is 0 Å². The molecule has 0 atom stereocenters. The number of anilines is 1. The van der Waals surface area contributed by atoms with E-state index in [0.717, 1.165) is 44.7 Å². The number of para-hydroxylation sites is 1. The van der Waals surface area contributed by atoms with Gasteiger partial charge in [-0.25, -0.2) is 0 Å². The number of aryl methyl sites for hydroxylation is 1. The van der Waals surface area contributed by atoms with Crippen molar-refractivity contribution in [3.8, 4) is 11.3 Å². The van der Waals surface area contributed by atoms with Crippen LogP contribution in [0.5, 0.6) is 0 Å². The van der Waals surface area contributed by atoms with E-state index in [1.54, 1.807) is 0 Å². The van der Waals surface area contributed by atoms with E-state index in [-0.39, 0.29) is 11.7 Å². The number of carbonyl (C=O) groups is 1. The molecule has 0 aliphatic carbocycles. The average molecular weight is 400 g/mol. The van der Waals surface area contributed by atoms with E-state index < -0.39 is 0 Å². The number of rotatable bonds is 6. The molecule has 1 heterocycles. The van der Waals surface area contributed by atoms with E-state index in [9.17, 15) is 4.79 Å². The lowest BCUT2D eigenvalue weighted by Crippen LogP contribution is -2.15. The number of hydrogen-bond acceptors (Lipinski definition) is 4. The lowest BCUT2D eigenvalue weighted by atomic mass is 10.1. The molecule has 0 radical (unpaired) electrons. The number of thioether (sulfide) groups is 1. The third-order valence-electron chi connectivity index (χ3n) is 4.71. The number of fused-ring (bicyclic) bond motifs is 1. The fourth-order valence-electron chi connectivity index (χ4n) is 3.27. The molecule has 4 rings (SSSR count). The summed E-state index contributed by atoms with van der Waals surface area (Å²) in [6.07, 6.45) is 0.876. The Morgan fingerprint density at radius 3 is 2.34 bits per heavy atom. The van der Waals surface area contributed by atoms with Crippen molar-refractivity contribution < 1.29 is 4.79 Å². The maximum absolute atomic E-state index is 12.5. The molecule has 4 aromatic rings. The van der Waals surface area contributed by atoms with Crippen molar-refractivity contribution in [2.24, 2.45) is 0 Å². The summed E-state index contributed by atoms with van der Waals surface area (Å²) < 4.78 is 0. The summed E-state index contributed by atoms with van der Waals surface area (Å²) in [7, 11) is 0. The molecule has 1 amide bonds. The summed E-state index contributed by atoms with van der Waals surface area (Å²) in [6, 6.07) is 26.0. The third kappa shape index (κ3) is 4.30. The second-order valence-corrected chi connectivity index (χ2v) is 7.58. The van der Waals surface area contributed by atoms with Gasteiger partial charge in [-0.2, -0.15) is 0 Å². The minimum Gasteiger partial charge on any atom is -0.325 e. The number of benzene rings is 3. The minimum absolute atomic E-state index is 0.0473. The SMILES string of the molecule is CCc1ccccc1NC(=O)CSc1nnc(-c2ccccc2)c2ccccc12. The van der Waals surface area contributed by atoms with Crippen molar-refractivity contribution >= 4 is 34.1 Å². The van der Waals surface area contributed by atoms with Gasteiger partial charge in [0.2, 0.25) is 5.91 Å². The second-order valence-electron chi connectivity index (χ2n) is 6.61. The fraction of sp³-hybridized carbons (Fsp3) is 0.125. The lowest BCUT2D eigenvalue weighted by molar-refractivity contribution is -0.113. The molecule has 0 saturated heterocycles. The van der Waals surface area contributed by atoms with Gasteiger partial charge in [0, 0.05) is 22.0 Å². The quantitative estimate of drug-likeness (QED) is 0.429. The van der Waals surface area contributed by atoms with Gasteiger partial charge >= 0.3 is 0 Å². The van der Waals surface area contributed by atoms with E-state index in [2.05, 4.69) is 22.4 Å². The van der Waals surface area contributed by atoms with E-state index >= 15 is 0 Å². The van der Waals surface area contributed by atoms with Crippen molar-refractivity contribution in [1.29, 1.82) is 0 Å². The Morgan fingerprint density at radius 2 is 1.55 bits per heavy atom. The number of amides is 1. The van der Waals surface area contributed by atoms with Crippen molar-refractivity contribution in [3.05, 3.63) is 84.4 Å². The standard InChI is InChI=1S/C24H21N3OS/c1-2-17-10-6-9-15-21(17)25-22(28)16-29-24-20-14-8-7-13-19(20)23(26-27-24)18-11-4-3-5-12-18/h3-15H,2,16H2,1H3,(H,25,28). The summed E-state index contributed by atoms with van der Waals surface area (Å²) in [4.78, 5) is 12.5. The van der Waals surface area contributed by atoms with Gasteiger partial charge in [0.1, 0.15) is 10.7 Å². The maximum Gasteiger partial charge on any atom is 0.234 e. The fourth-order valence-corrected chi connectivity index (χ4v) is 4.04. The molecule has 0 unspecified atom stereocenters. The van der Waals surface area contributed by atoms with Crippen LogP contribution in [-0.2, 0) is 11.2 Å². The highest BCUT2D eigenvalue weighted by Crippen LogP contribution is 2.31. The van der Waals surface area contributed by atoms with E-state index in [4.69, 9.17) is 0 Å². The van der Waals surface area contributed by atoms with Gasteiger partial charge in [-0.1, -0.05) is 91.5 Å². The van der Waals surface area contributed by atoms with Crippen LogP contribution in [0, 0.1) is 0 Å². The van der Waals surface area contributed by atoms with Crippen molar-refractivity contribution in [3.63, 3.8) is 0 Å². The number of hydrogen-bond donors (Lipinski definition) is 1. The Morgan fingerprint density at radius 1 is 0.862 bits per heavy atom. The Kier molecular flexibility index (Phi) is 5.86. The summed E-state index contributed by atoms with van der Waals surface area (Å²) in [5.41, 5.74) is 3.88. The molecule has 3 aromatic carbocycles. The van der Waals surface area contributed by atoms with Crippen LogP contribution in [0.25, 0.3) is 22.0 Å². The molecule has 0 saturated carbocycles. The van der Waals surface area contributed by atoms with Gasteiger partial charge in [0.15, 0.2) is 0 Å². The molecular weight excluding hydrogens is 378 g/mol. The van der Waals surface area contributed by atoms with Gasteiger partial charge < -0.3 is 5.32 Å². The van der Waals surface area contributed by atoms with Crippen LogP contribution in [0.1, 0.15) is 12.5 Å². The normalized spacial score (nSPS) is 10.8. The summed E-state index contributed by atoms with van der Waals surface area (Å²) in [5, 5.41) is 14.7. The first-order chi connectivity index (χ1) is 14.3. The number of carbonyl (C=O) groups excluding carboxylic acids is 1. The van der Waals surface area contributed by atoms with Crippen LogP contribution in [0.4, 0.5) is 5.69 Å². The number of nitrogens with one attached hydrogen (secondary N) is 1. The number of aromatic nitrogens is 2. The van der Waals surface area contributed by atoms with Crippen LogP contribution in [-0.4, -0.2) is 21.9 Å². The Labute approximate surface area is 174 Å². The zero-order valence-corrected chi connectivity index (χ0v) is 16.9. The Bertz CT molecular complexity index is 1150. The van der Waals surface area contributed by atoms with Crippen molar-refractivity contribution in [1.82, 2.24) is 10.2 Å². The molecule has 0 aliphatic rings. The Hall–Kier alpha value is -3.18. The predicted molar refractivity (Wildman–Crippen MR) is 120 cm³/mol. The lowest BCUT2D eigenvalue weighted by Gasteiger charge is -2.11. The smallest absolute Gasteiger partial charge is 0.234 e. The molecule has 1 N–H and O–H groups in total. The van der Waals surface area contributed by atoms with Gasteiger partial charge in [0.05, 0.1) is 5.75 Å². The van der Waals surface area contributed by atoms with Gasteiger partial charge in [0.25, 0.3) is 0 Å². The molecular formula is C24H21N3OS. The molecule has 5 heteroatoms. The highest BCUT2D eigenvalue weighted by Gasteiger charge is 2.13. The largest absolute Gasteiger partial charge is 0.325 e. The zero-order valence-electron chi connectivity index (χ0n) is 16.1. The molecule has 0 aliphatic heterocycles. The predicted octanol–water partition coefficient (Wildman–Crippen LogP) is 5.59.